The molecule has 1 unspecified atom stereocenters. The predicted molar refractivity (Wildman–Crippen MR) is 115 cm³/mol. The molecular weight excluding hydrogens is 394 g/mol. The van der Waals surface area contributed by atoms with Crippen molar-refractivity contribution in [3.63, 3.8) is 0 Å². The first-order valence-corrected chi connectivity index (χ1v) is 10.4. The second-order valence-electron chi connectivity index (χ2n) is 6.43. The summed E-state index contributed by atoms with van der Waals surface area (Å²) < 4.78 is 0. The van der Waals surface area contributed by atoms with E-state index in [1.807, 2.05) is 18.2 Å². The molecule has 2 amide bonds. The molecule has 0 radical (unpaired) electrons. The number of rotatable bonds is 6. The van der Waals surface area contributed by atoms with Crippen molar-refractivity contribution < 1.29 is 9.59 Å². The van der Waals surface area contributed by atoms with Crippen LogP contribution in [-0.4, -0.2) is 40.7 Å². The van der Waals surface area contributed by atoms with Gasteiger partial charge in [0.2, 0.25) is 11.8 Å². The summed E-state index contributed by atoms with van der Waals surface area (Å²) in [5, 5.41) is 3.34. The van der Waals surface area contributed by atoms with Crippen molar-refractivity contribution in [2.45, 2.75) is 24.5 Å². The van der Waals surface area contributed by atoms with Crippen LogP contribution in [-0.2, 0) is 16.0 Å². The summed E-state index contributed by atoms with van der Waals surface area (Å²) >= 11 is 7.28. The number of nitrogens with zero attached hydrogens (tertiary/aromatic N) is 2. The van der Waals surface area contributed by atoms with Crippen LogP contribution < -0.4 is 5.32 Å². The molecule has 0 bridgehead atoms. The molecule has 5 nitrogen and oxygen atoms in total. The van der Waals surface area contributed by atoms with Crippen molar-refractivity contribution in [2.24, 2.45) is 4.99 Å². The molecular formula is C21H22ClN3O2S. The van der Waals surface area contributed by atoms with Crippen molar-refractivity contribution in [2.75, 3.05) is 13.6 Å². The Kier molecular flexibility index (Phi) is 7.12. The van der Waals surface area contributed by atoms with Gasteiger partial charge in [0.05, 0.1) is 10.9 Å². The minimum Gasteiger partial charge on any atom is -0.358 e. The van der Waals surface area contributed by atoms with Crippen molar-refractivity contribution in [3.8, 4) is 0 Å². The smallest absolute Gasteiger partial charge is 0.233 e. The number of carbonyl (C=O) groups excluding carboxylic acids is 2. The zero-order chi connectivity index (χ0) is 19.9. The van der Waals surface area contributed by atoms with E-state index in [0.29, 0.717) is 22.4 Å². The molecule has 7 heteroatoms. The summed E-state index contributed by atoms with van der Waals surface area (Å²) in [7, 11) is 1.58. The fourth-order valence-corrected chi connectivity index (χ4v) is 4.24. The molecule has 1 heterocycles. The van der Waals surface area contributed by atoms with Gasteiger partial charge in [-0.1, -0.05) is 53.7 Å². The number of aliphatic imine (C=N–C) groups is 1. The highest BCUT2D eigenvalue weighted by Gasteiger charge is 2.35. The Morgan fingerprint density at radius 1 is 1.21 bits per heavy atom. The normalized spacial score (nSPS) is 18.4. The zero-order valence-corrected chi connectivity index (χ0v) is 17.2. The Labute approximate surface area is 174 Å². The van der Waals surface area contributed by atoms with Gasteiger partial charge in [-0.25, -0.2) is 4.99 Å². The van der Waals surface area contributed by atoms with E-state index in [2.05, 4.69) is 22.4 Å². The molecule has 0 spiro atoms. The number of halogens is 1. The molecule has 0 aliphatic carbocycles. The molecule has 1 fully saturated rings. The number of amidine groups is 1. The number of nitrogens with one attached hydrogen (secondary N) is 1. The van der Waals surface area contributed by atoms with E-state index in [-0.39, 0.29) is 18.2 Å². The maximum atomic E-state index is 12.8. The van der Waals surface area contributed by atoms with Gasteiger partial charge in [0.1, 0.15) is 0 Å². The summed E-state index contributed by atoms with van der Waals surface area (Å²) in [5.74, 6) is -0.237. The largest absolute Gasteiger partial charge is 0.358 e. The van der Waals surface area contributed by atoms with Gasteiger partial charge in [0.25, 0.3) is 0 Å². The molecule has 2 aromatic carbocycles. The monoisotopic (exact) mass is 415 g/mol. The van der Waals surface area contributed by atoms with Crippen molar-refractivity contribution in [1.29, 1.82) is 0 Å². The Hall–Kier alpha value is -2.31. The van der Waals surface area contributed by atoms with Gasteiger partial charge in [-0.05, 0) is 42.7 Å². The molecule has 2 aromatic rings. The first kappa shape index (κ1) is 20.4. The van der Waals surface area contributed by atoms with Crippen LogP contribution in [0, 0.1) is 0 Å². The summed E-state index contributed by atoms with van der Waals surface area (Å²) in [6.45, 7) is 0.563. The highest BCUT2D eigenvalue weighted by molar-refractivity contribution is 8.15. The maximum absolute atomic E-state index is 12.8. The molecule has 1 N–H and O–H groups in total. The van der Waals surface area contributed by atoms with E-state index in [1.54, 1.807) is 36.2 Å². The fourth-order valence-electron chi connectivity index (χ4n) is 2.93. The van der Waals surface area contributed by atoms with Crippen LogP contribution in [0.5, 0.6) is 0 Å². The molecule has 1 atom stereocenters. The van der Waals surface area contributed by atoms with Gasteiger partial charge in [-0.2, -0.15) is 0 Å². The highest BCUT2D eigenvalue weighted by atomic mass is 35.5. The number of hydrogen-bond donors (Lipinski definition) is 1. The minimum absolute atomic E-state index is 0.0758. The number of thioether (sulfide) groups is 1. The van der Waals surface area contributed by atoms with E-state index in [9.17, 15) is 9.59 Å². The van der Waals surface area contributed by atoms with Crippen LogP contribution in [0.4, 0.5) is 5.69 Å². The third-order valence-corrected chi connectivity index (χ3v) is 5.86. The van der Waals surface area contributed by atoms with Crippen LogP contribution in [0.25, 0.3) is 0 Å². The summed E-state index contributed by atoms with van der Waals surface area (Å²) in [5.41, 5.74) is 1.93. The molecule has 1 aliphatic heterocycles. The SMILES string of the molecule is CNC(=O)C1CC(=O)N(CCCc2ccccc2)C(=Nc2ccc(Cl)cc2)S1. The quantitative estimate of drug-likeness (QED) is 0.774. The van der Waals surface area contributed by atoms with Gasteiger partial charge < -0.3 is 5.32 Å². The lowest BCUT2D eigenvalue weighted by Crippen LogP contribution is -2.46. The highest BCUT2D eigenvalue weighted by Crippen LogP contribution is 2.29. The lowest BCUT2D eigenvalue weighted by Gasteiger charge is -2.31. The van der Waals surface area contributed by atoms with Gasteiger partial charge >= 0.3 is 0 Å². The third kappa shape index (κ3) is 5.36. The fraction of sp³-hybridized carbons (Fsp3) is 0.286. The first-order chi connectivity index (χ1) is 13.6. The number of hydrogen-bond acceptors (Lipinski definition) is 4. The first-order valence-electron chi connectivity index (χ1n) is 9.13. The lowest BCUT2D eigenvalue weighted by atomic mass is 10.1. The van der Waals surface area contributed by atoms with E-state index in [0.717, 1.165) is 12.8 Å². The van der Waals surface area contributed by atoms with Gasteiger partial charge in [0, 0.05) is 25.0 Å². The minimum atomic E-state index is -0.464. The molecule has 28 heavy (non-hydrogen) atoms. The Balaban J connectivity index is 1.77. The van der Waals surface area contributed by atoms with Crippen LogP contribution >= 0.6 is 23.4 Å². The summed E-state index contributed by atoms with van der Waals surface area (Å²) in [6, 6.07) is 17.3. The Morgan fingerprint density at radius 2 is 1.93 bits per heavy atom. The lowest BCUT2D eigenvalue weighted by molar-refractivity contribution is -0.130. The summed E-state index contributed by atoms with van der Waals surface area (Å²) in [4.78, 5) is 31.2. The van der Waals surface area contributed by atoms with Gasteiger partial charge in [-0.15, -0.1) is 0 Å². The number of amides is 2. The topological polar surface area (TPSA) is 61.8 Å². The molecule has 3 rings (SSSR count). The average molecular weight is 416 g/mol. The van der Waals surface area contributed by atoms with Gasteiger partial charge in [-0.3, -0.25) is 14.5 Å². The van der Waals surface area contributed by atoms with E-state index in [4.69, 9.17) is 11.6 Å². The number of benzene rings is 2. The van der Waals surface area contributed by atoms with E-state index in [1.165, 1.54) is 17.3 Å². The standard InChI is InChI=1S/C21H22ClN3O2S/c1-23-20(27)18-14-19(26)25(13-5-8-15-6-3-2-4-7-15)21(28-18)24-17-11-9-16(22)10-12-17/h2-4,6-7,9-12,18H,5,8,13-14H2,1H3,(H,23,27). The number of carbonyl (C=O) groups is 2. The van der Waals surface area contributed by atoms with Crippen molar-refractivity contribution in [3.05, 3.63) is 65.2 Å². The predicted octanol–water partition coefficient (Wildman–Crippen LogP) is 4.04. The zero-order valence-electron chi connectivity index (χ0n) is 15.6. The molecule has 0 aromatic heterocycles. The van der Waals surface area contributed by atoms with Crippen LogP contribution in [0.15, 0.2) is 59.6 Å². The van der Waals surface area contributed by atoms with Crippen LogP contribution in [0.3, 0.4) is 0 Å². The maximum Gasteiger partial charge on any atom is 0.233 e. The van der Waals surface area contributed by atoms with Crippen LogP contribution in [0.2, 0.25) is 5.02 Å². The summed E-state index contributed by atoms with van der Waals surface area (Å²) in [6.07, 6.45) is 1.87. The van der Waals surface area contributed by atoms with E-state index < -0.39 is 5.25 Å². The van der Waals surface area contributed by atoms with Crippen molar-refractivity contribution in [1.82, 2.24) is 10.2 Å². The van der Waals surface area contributed by atoms with Gasteiger partial charge in [0.15, 0.2) is 5.17 Å². The second kappa shape index (κ2) is 9.75. The van der Waals surface area contributed by atoms with Crippen molar-refractivity contribution >= 4 is 46.0 Å². The molecule has 146 valence electrons. The molecule has 0 saturated carbocycles. The average Bonchev–Trinajstić information content (AvgIpc) is 2.71. The molecule has 1 saturated heterocycles. The number of aryl methyl sites for hydroxylation is 1. The molecule has 1 aliphatic rings. The Bertz CT molecular complexity index is 856. The second-order valence-corrected chi connectivity index (χ2v) is 8.04. The van der Waals surface area contributed by atoms with Crippen LogP contribution in [0.1, 0.15) is 18.4 Å². The third-order valence-electron chi connectivity index (χ3n) is 4.42. The Morgan fingerprint density at radius 3 is 2.61 bits per heavy atom. The van der Waals surface area contributed by atoms with E-state index >= 15 is 0 Å².